The topological polar surface area (TPSA) is 27.7 Å². The molecule has 7 heteroatoms. The molecule has 3 unspecified atom stereocenters. The summed E-state index contributed by atoms with van der Waals surface area (Å²) in [6, 6.07) is 0. The van der Waals surface area contributed by atoms with E-state index in [1.807, 2.05) is 11.8 Å². The molecular formula is C5H13O3P3S. The highest BCUT2D eigenvalue weighted by molar-refractivity contribution is 8.00. The van der Waals surface area contributed by atoms with E-state index < -0.39 is 0 Å². The molecule has 0 saturated carbocycles. The third-order valence-electron chi connectivity index (χ3n) is 1.80. The first kappa shape index (κ1) is 11.6. The van der Waals surface area contributed by atoms with E-state index in [4.69, 9.17) is 13.6 Å². The van der Waals surface area contributed by atoms with Gasteiger partial charge in [0.15, 0.2) is 0 Å². The minimum atomic E-state index is 0.109. The van der Waals surface area contributed by atoms with Crippen LogP contribution >= 0.6 is 40.2 Å². The minimum Gasteiger partial charge on any atom is -0.364 e. The van der Waals surface area contributed by atoms with Crippen LogP contribution in [0, 0.1) is 0 Å². The van der Waals surface area contributed by atoms with Crippen molar-refractivity contribution in [1.82, 2.24) is 0 Å². The van der Waals surface area contributed by atoms with Gasteiger partial charge in [0.25, 0.3) is 0 Å². The van der Waals surface area contributed by atoms with Crippen LogP contribution in [0.5, 0.6) is 0 Å². The Hall–Kier alpha value is 1.52. The van der Waals surface area contributed by atoms with Gasteiger partial charge < -0.3 is 13.6 Å². The van der Waals surface area contributed by atoms with Crippen molar-refractivity contribution in [2.75, 3.05) is 12.4 Å². The summed E-state index contributed by atoms with van der Waals surface area (Å²) in [5.41, 5.74) is 0. The lowest BCUT2D eigenvalue weighted by molar-refractivity contribution is 0.0967. The maximum atomic E-state index is 5.25. The van der Waals surface area contributed by atoms with Crippen LogP contribution in [0.3, 0.4) is 0 Å². The maximum Gasteiger partial charge on any atom is 0.102 e. The predicted molar refractivity (Wildman–Crippen MR) is 61.1 cm³/mol. The zero-order chi connectivity index (χ0) is 8.97. The molecule has 0 aromatic heterocycles. The molecule has 3 nitrogen and oxygen atoms in total. The summed E-state index contributed by atoms with van der Waals surface area (Å²) in [6.45, 7) is 0.679. The maximum absolute atomic E-state index is 5.25. The highest BCUT2D eigenvalue weighted by atomic mass is 32.2. The molecule has 0 aromatic rings. The van der Waals surface area contributed by atoms with Crippen LogP contribution in [-0.4, -0.2) is 29.8 Å². The molecule has 1 heterocycles. The molecule has 0 spiro atoms. The van der Waals surface area contributed by atoms with Gasteiger partial charge in [0, 0.05) is 34.2 Å². The van der Waals surface area contributed by atoms with Crippen molar-refractivity contribution in [3.63, 3.8) is 0 Å². The predicted octanol–water partition coefficient (Wildman–Crippen LogP) is 1.26. The van der Waals surface area contributed by atoms with Gasteiger partial charge in [-0.25, -0.2) is 0 Å². The van der Waals surface area contributed by atoms with Crippen molar-refractivity contribution in [2.45, 2.75) is 17.5 Å². The van der Waals surface area contributed by atoms with Gasteiger partial charge in [0.2, 0.25) is 0 Å². The van der Waals surface area contributed by atoms with Crippen LogP contribution in [-0.2, 0) is 13.6 Å². The molecule has 0 aliphatic carbocycles. The van der Waals surface area contributed by atoms with Gasteiger partial charge in [-0.2, -0.15) is 11.8 Å². The Labute approximate surface area is 83.9 Å². The fourth-order valence-corrected chi connectivity index (χ4v) is 3.70. The molecule has 0 radical (unpaired) electrons. The third-order valence-corrected chi connectivity index (χ3v) is 4.01. The Morgan fingerprint density at radius 1 is 1.25 bits per heavy atom. The summed E-state index contributed by atoms with van der Waals surface area (Å²) >= 11 is 1.82. The average molecular weight is 246 g/mol. The highest BCUT2D eigenvalue weighted by Crippen LogP contribution is 2.34. The smallest absolute Gasteiger partial charge is 0.102 e. The monoisotopic (exact) mass is 246 g/mol. The SMILES string of the molecule is POC[C@H]1SC[C@@H](OP)[C@@H]1OP. The van der Waals surface area contributed by atoms with Crippen LogP contribution in [0.25, 0.3) is 0 Å². The number of hydrogen-bond donors (Lipinski definition) is 0. The zero-order valence-corrected chi connectivity index (χ0v) is 10.8. The van der Waals surface area contributed by atoms with E-state index in [9.17, 15) is 0 Å². The molecule has 1 fully saturated rings. The first-order valence-corrected chi connectivity index (χ1v) is 5.94. The fraction of sp³-hybridized carbons (Fsp3) is 1.00. The van der Waals surface area contributed by atoms with E-state index in [0.717, 1.165) is 5.75 Å². The normalized spacial score (nSPS) is 35.8. The molecule has 0 aromatic carbocycles. The van der Waals surface area contributed by atoms with E-state index >= 15 is 0 Å². The van der Waals surface area contributed by atoms with Crippen molar-refractivity contribution in [1.29, 1.82) is 0 Å². The largest absolute Gasteiger partial charge is 0.364 e. The van der Waals surface area contributed by atoms with E-state index in [1.165, 1.54) is 0 Å². The minimum absolute atomic E-state index is 0.109. The molecule has 0 bridgehead atoms. The van der Waals surface area contributed by atoms with Gasteiger partial charge in [-0.15, -0.1) is 0 Å². The van der Waals surface area contributed by atoms with E-state index in [-0.39, 0.29) is 12.2 Å². The summed E-state index contributed by atoms with van der Waals surface area (Å²) in [4.78, 5) is 0. The Morgan fingerprint density at radius 3 is 2.50 bits per heavy atom. The van der Waals surface area contributed by atoms with Crippen LogP contribution in [0.4, 0.5) is 0 Å². The van der Waals surface area contributed by atoms with Gasteiger partial charge in [0.05, 0.1) is 18.0 Å². The molecular weight excluding hydrogens is 233 g/mol. The number of thioether (sulfide) groups is 1. The molecule has 6 atom stereocenters. The second-order valence-corrected chi connectivity index (χ2v) is 4.63. The Balaban J connectivity index is 2.44. The molecule has 1 aliphatic heterocycles. The summed E-state index contributed by atoms with van der Waals surface area (Å²) in [7, 11) is 6.82. The second kappa shape index (κ2) is 6.09. The lowest BCUT2D eigenvalue weighted by Crippen LogP contribution is -2.32. The van der Waals surface area contributed by atoms with Crippen molar-refractivity contribution in [3.8, 4) is 0 Å². The summed E-state index contributed by atoms with van der Waals surface area (Å²) in [6.07, 6.45) is 0.265. The quantitative estimate of drug-likeness (QED) is 0.698. The number of rotatable bonds is 4. The second-order valence-electron chi connectivity index (χ2n) is 2.48. The molecule has 0 N–H and O–H groups in total. The first-order valence-electron chi connectivity index (χ1n) is 3.47. The van der Waals surface area contributed by atoms with Gasteiger partial charge in [-0.3, -0.25) is 0 Å². The highest BCUT2D eigenvalue weighted by Gasteiger charge is 2.37. The van der Waals surface area contributed by atoms with Gasteiger partial charge >= 0.3 is 0 Å². The standard InChI is InChI=1S/C5H13O3P3S/c9-6-1-4-5(8-11)3(7-10)2-12-4/h3-5H,1-2,9-11H2/t3-,4-,5+/m1/s1. The van der Waals surface area contributed by atoms with Gasteiger partial charge in [-0.05, 0) is 0 Å². The Bertz CT molecular complexity index is 139. The Kier molecular flexibility index (Phi) is 5.88. The molecule has 1 rings (SSSR count). The van der Waals surface area contributed by atoms with E-state index in [1.54, 1.807) is 0 Å². The van der Waals surface area contributed by atoms with Crippen molar-refractivity contribution in [3.05, 3.63) is 0 Å². The van der Waals surface area contributed by atoms with Crippen LogP contribution < -0.4 is 0 Å². The molecule has 72 valence electrons. The third kappa shape index (κ3) is 2.75. The van der Waals surface area contributed by atoms with Gasteiger partial charge in [0.1, 0.15) is 6.10 Å². The molecule has 12 heavy (non-hydrogen) atoms. The lowest BCUT2D eigenvalue weighted by Gasteiger charge is -2.20. The molecule has 1 saturated heterocycles. The lowest BCUT2D eigenvalue weighted by atomic mass is 10.2. The Morgan fingerprint density at radius 2 is 2.00 bits per heavy atom. The molecule has 0 amide bonds. The summed E-state index contributed by atoms with van der Waals surface area (Å²) in [5, 5.41) is 0.366. The summed E-state index contributed by atoms with van der Waals surface area (Å²) in [5.74, 6) is 0.960. The van der Waals surface area contributed by atoms with Crippen molar-refractivity contribution in [2.24, 2.45) is 0 Å². The fourth-order valence-electron chi connectivity index (χ4n) is 1.18. The van der Waals surface area contributed by atoms with Crippen LogP contribution in [0.15, 0.2) is 0 Å². The zero-order valence-electron chi connectivity index (χ0n) is 6.51. The summed E-state index contributed by atoms with van der Waals surface area (Å²) < 4.78 is 15.4. The molecule has 1 aliphatic rings. The first-order chi connectivity index (χ1) is 5.83. The van der Waals surface area contributed by atoms with Crippen LogP contribution in [0.2, 0.25) is 0 Å². The van der Waals surface area contributed by atoms with Crippen molar-refractivity contribution < 1.29 is 13.6 Å². The van der Waals surface area contributed by atoms with Gasteiger partial charge in [-0.1, -0.05) is 0 Å². The number of hydrogen-bond acceptors (Lipinski definition) is 4. The van der Waals surface area contributed by atoms with E-state index in [0.29, 0.717) is 11.9 Å². The van der Waals surface area contributed by atoms with Crippen LogP contribution in [0.1, 0.15) is 0 Å². The average Bonchev–Trinajstić information content (AvgIpc) is 2.47. The van der Waals surface area contributed by atoms with Crippen molar-refractivity contribution >= 4 is 40.2 Å². The van der Waals surface area contributed by atoms with E-state index in [2.05, 4.69) is 28.4 Å².